The van der Waals surface area contributed by atoms with Gasteiger partial charge in [-0.3, -0.25) is 4.79 Å². The third-order valence-corrected chi connectivity index (χ3v) is 4.27. The van der Waals surface area contributed by atoms with E-state index in [1.54, 1.807) is 6.07 Å². The molecule has 1 atom stereocenters. The number of phenolic OH excluding ortho intramolecular Hbond substituents is 1. The van der Waals surface area contributed by atoms with Gasteiger partial charge in [-0.1, -0.05) is 29.3 Å². The maximum absolute atomic E-state index is 12.2. The number of rotatable bonds is 4. The Labute approximate surface area is 133 Å². The minimum Gasteiger partial charge on any atom is -0.506 e. The van der Waals surface area contributed by atoms with Crippen LogP contribution >= 0.6 is 23.4 Å². The van der Waals surface area contributed by atoms with Crippen LogP contribution in [-0.4, -0.2) is 16.3 Å². The summed E-state index contributed by atoms with van der Waals surface area (Å²) in [6.45, 7) is 3.84. The van der Waals surface area contributed by atoms with Crippen molar-refractivity contribution in [3.63, 3.8) is 0 Å². The molecule has 0 aliphatic carbocycles. The van der Waals surface area contributed by atoms with Gasteiger partial charge in [0.05, 0.1) is 10.9 Å². The van der Waals surface area contributed by atoms with Crippen LogP contribution in [0.3, 0.4) is 0 Å². The average molecular weight is 322 g/mol. The molecule has 0 aliphatic rings. The maximum atomic E-state index is 12.2. The number of hydrogen-bond acceptors (Lipinski definition) is 3. The van der Waals surface area contributed by atoms with Gasteiger partial charge in [-0.2, -0.15) is 0 Å². The lowest BCUT2D eigenvalue weighted by molar-refractivity contribution is -0.115. The first-order chi connectivity index (χ1) is 9.95. The van der Waals surface area contributed by atoms with E-state index in [9.17, 15) is 9.90 Å². The highest BCUT2D eigenvalue weighted by molar-refractivity contribution is 8.00. The van der Waals surface area contributed by atoms with Gasteiger partial charge < -0.3 is 10.4 Å². The molecule has 3 nitrogen and oxygen atoms in total. The van der Waals surface area contributed by atoms with E-state index in [2.05, 4.69) is 5.32 Å². The topological polar surface area (TPSA) is 49.3 Å². The molecule has 0 bridgehead atoms. The van der Waals surface area contributed by atoms with Crippen LogP contribution in [0.15, 0.2) is 47.4 Å². The second-order valence-electron chi connectivity index (χ2n) is 4.72. The lowest BCUT2D eigenvalue weighted by Crippen LogP contribution is -2.22. The fourth-order valence-corrected chi connectivity index (χ4v) is 2.76. The molecule has 21 heavy (non-hydrogen) atoms. The van der Waals surface area contributed by atoms with Crippen molar-refractivity contribution in [3.05, 3.63) is 53.1 Å². The minimum atomic E-state index is -0.286. The summed E-state index contributed by atoms with van der Waals surface area (Å²) in [7, 11) is 0. The Hall–Kier alpha value is -1.65. The van der Waals surface area contributed by atoms with Crippen LogP contribution in [0.25, 0.3) is 0 Å². The molecular formula is C16H16ClNO2S. The number of nitrogens with one attached hydrogen (secondary N) is 1. The van der Waals surface area contributed by atoms with Gasteiger partial charge in [0.15, 0.2) is 0 Å². The summed E-state index contributed by atoms with van der Waals surface area (Å²) in [6.07, 6.45) is 0. The summed E-state index contributed by atoms with van der Waals surface area (Å²) in [5, 5.41) is 12.6. The molecule has 0 saturated heterocycles. The van der Waals surface area contributed by atoms with E-state index in [1.165, 1.54) is 29.5 Å². The number of carbonyl (C=O) groups excluding carboxylic acids is 1. The molecule has 2 aromatic rings. The van der Waals surface area contributed by atoms with Crippen molar-refractivity contribution in [1.29, 1.82) is 0 Å². The fourth-order valence-electron chi connectivity index (χ4n) is 1.72. The van der Waals surface area contributed by atoms with Gasteiger partial charge in [-0.15, -0.1) is 11.8 Å². The van der Waals surface area contributed by atoms with Crippen molar-refractivity contribution >= 4 is 35.0 Å². The summed E-state index contributed by atoms with van der Waals surface area (Å²) < 4.78 is 0. The van der Waals surface area contributed by atoms with Crippen molar-refractivity contribution < 1.29 is 9.90 Å². The third kappa shape index (κ3) is 4.41. The molecule has 0 heterocycles. The van der Waals surface area contributed by atoms with E-state index in [4.69, 9.17) is 11.6 Å². The predicted molar refractivity (Wildman–Crippen MR) is 88.2 cm³/mol. The van der Waals surface area contributed by atoms with Gasteiger partial charge >= 0.3 is 0 Å². The fraction of sp³-hybridized carbons (Fsp3) is 0.188. The Balaban J connectivity index is 2.02. The number of aromatic hydroxyl groups is 1. The molecule has 2 N–H and O–H groups in total. The zero-order valence-electron chi connectivity index (χ0n) is 11.8. The molecule has 2 rings (SSSR count). The molecule has 0 spiro atoms. The predicted octanol–water partition coefficient (Wildman–Crippen LogP) is 4.47. The number of carbonyl (C=O) groups is 1. The summed E-state index contributed by atoms with van der Waals surface area (Å²) >= 11 is 7.32. The Kier molecular flexibility index (Phi) is 5.15. The quantitative estimate of drug-likeness (QED) is 0.645. The number of hydrogen-bond donors (Lipinski definition) is 2. The number of phenols is 1. The van der Waals surface area contributed by atoms with Crippen LogP contribution < -0.4 is 5.32 Å². The highest BCUT2D eigenvalue weighted by atomic mass is 35.5. The monoisotopic (exact) mass is 321 g/mol. The highest BCUT2D eigenvalue weighted by Gasteiger charge is 2.16. The zero-order valence-corrected chi connectivity index (χ0v) is 13.3. The molecule has 0 unspecified atom stereocenters. The van der Waals surface area contributed by atoms with Gasteiger partial charge in [-0.25, -0.2) is 0 Å². The summed E-state index contributed by atoms with van der Waals surface area (Å²) in [5.74, 6) is -0.182. The number of halogens is 1. The molecule has 0 radical (unpaired) electrons. The van der Waals surface area contributed by atoms with Crippen LogP contribution in [0.4, 0.5) is 5.69 Å². The Morgan fingerprint density at radius 3 is 2.57 bits per heavy atom. The second-order valence-corrected chi connectivity index (χ2v) is 6.57. The Morgan fingerprint density at radius 2 is 1.90 bits per heavy atom. The summed E-state index contributed by atoms with van der Waals surface area (Å²) in [6, 6.07) is 12.5. The molecule has 0 saturated carbocycles. The average Bonchev–Trinajstić information content (AvgIpc) is 2.45. The van der Waals surface area contributed by atoms with Gasteiger partial charge in [0.2, 0.25) is 5.91 Å². The number of aryl methyl sites for hydroxylation is 1. The highest BCUT2D eigenvalue weighted by Crippen LogP contribution is 2.29. The first kappa shape index (κ1) is 15.7. The van der Waals surface area contributed by atoms with Gasteiger partial charge in [0.1, 0.15) is 5.75 Å². The summed E-state index contributed by atoms with van der Waals surface area (Å²) in [4.78, 5) is 13.2. The van der Waals surface area contributed by atoms with Crippen LogP contribution in [0.1, 0.15) is 12.5 Å². The zero-order chi connectivity index (χ0) is 15.4. The van der Waals surface area contributed by atoms with Crippen molar-refractivity contribution in [3.8, 4) is 5.75 Å². The van der Waals surface area contributed by atoms with Gasteiger partial charge in [0, 0.05) is 9.92 Å². The number of amides is 1. The number of thioether (sulfide) groups is 1. The van der Waals surface area contributed by atoms with Crippen LogP contribution in [0.5, 0.6) is 5.75 Å². The maximum Gasteiger partial charge on any atom is 0.237 e. The van der Waals surface area contributed by atoms with Gasteiger partial charge in [-0.05, 0) is 44.2 Å². The van der Waals surface area contributed by atoms with Crippen molar-refractivity contribution in [2.24, 2.45) is 0 Å². The molecule has 0 aliphatic heterocycles. The van der Waals surface area contributed by atoms with E-state index in [0.717, 1.165) is 4.90 Å². The van der Waals surface area contributed by atoms with Crippen molar-refractivity contribution in [1.82, 2.24) is 0 Å². The van der Waals surface area contributed by atoms with Crippen molar-refractivity contribution in [2.75, 3.05) is 5.32 Å². The van der Waals surface area contributed by atoms with Crippen molar-refractivity contribution in [2.45, 2.75) is 24.0 Å². The van der Waals surface area contributed by atoms with E-state index < -0.39 is 0 Å². The lowest BCUT2D eigenvalue weighted by atomic mass is 10.2. The van der Waals surface area contributed by atoms with Crippen LogP contribution in [0, 0.1) is 6.92 Å². The third-order valence-electron chi connectivity index (χ3n) is 2.92. The van der Waals surface area contributed by atoms with Crippen LogP contribution in [0.2, 0.25) is 5.02 Å². The first-order valence-electron chi connectivity index (χ1n) is 6.48. The molecule has 2 aromatic carbocycles. The SMILES string of the molecule is Cc1ccc(S[C@@H](C)C(=O)Nc2cc(Cl)ccc2O)cc1. The molecule has 1 amide bonds. The lowest BCUT2D eigenvalue weighted by Gasteiger charge is -2.13. The second kappa shape index (κ2) is 6.87. The summed E-state index contributed by atoms with van der Waals surface area (Å²) in [5.41, 5.74) is 1.50. The number of benzene rings is 2. The van der Waals surface area contributed by atoms with E-state index >= 15 is 0 Å². The first-order valence-corrected chi connectivity index (χ1v) is 7.74. The standard InChI is InChI=1S/C16H16ClNO2S/c1-10-3-6-13(7-4-10)21-11(2)16(20)18-14-9-12(17)5-8-15(14)19/h3-9,11,19H,1-2H3,(H,18,20)/t11-/m0/s1. The molecule has 0 aromatic heterocycles. The molecule has 5 heteroatoms. The number of anilines is 1. The minimum absolute atomic E-state index is 0.000265. The smallest absolute Gasteiger partial charge is 0.237 e. The van der Waals surface area contributed by atoms with E-state index in [-0.39, 0.29) is 16.9 Å². The molecule has 110 valence electrons. The van der Waals surface area contributed by atoms with E-state index in [1.807, 2.05) is 38.1 Å². The largest absolute Gasteiger partial charge is 0.506 e. The Bertz CT molecular complexity index is 643. The van der Waals surface area contributed by atoms with Gasteiger partial charge in [0.25, 0.3) is 0 Å². The Morgan fingerprint density at radius 1 is 1.24 bits per heavy atom. The van der Waals surface area contributed by atoms with E-state index in [0.29, 0.717) is 10.7 Å². The van der Waals surface area contributed by atoms with Crippen LogP contribution in [-0.2, 0) is 4.79 Å². The molecule has 0 fully saturated rings. The normalized spacial score (nSPS) is 12.0. The molecular weight excluding hydrogens is 306 g/mol.